The van der Waals surface area contributed by atoms with Crippen LogP contribution in [0.1, 0.15) is 12.6 Å². The Balaban J connectivity index is 1.42. The van der Waals surface area contributed by atoms with Gasteiger partial charge >= 0.3 is 6.09 Å². The van der Waals surface area contributed by atoms with Crippen molar-refractivity contribution < 1.29 is 27.9 Å². The average molecular weight is 478 g/mol. The van der Waals surface area contributed by atoms with Crippen molar-refractivity contribution in [2.24, 2.45) is 0 Å². The number of benzene rings is 1. The Kier molecular flexibility index (Phi) is 6.86. The van der Waals surface area contributed by atoms with Gasteiger partial charge in [0.05, 0.1) is 43.6 Å². The Morgan fingerprint density at radius 1 is 1.24 bits per heavy atom. The van der Waals surface area contributed by atoms with Gasteiger partial charge in [-0.25, -0.2) is 19.0 Å². The largest absolute Gasteiger partial charge is 0.442 e. The van der Waals surface area contributed by atoms with Crippen molar-refractivity contribution in [3.8, 4) is 0 Å². The maximum Gasteiger partial charge on any atom is 0.414 e. The third-order valence-corrected chi connectivity index (χ3v) is 5.46. The van der Waals surface area contributed by atoms with Crippen LogP contribution in [0.3, 0.4) is 0 Å². The molecule has 14 heteroatoms. The summed E-state index contributed by atoms with van der Waals surface area (Å²) in [4.78, 5) is 38.3. The first-order chi connectivity index (χ1) is 16.3. The Morgan fingerprint density at radius 2 is 2.00 bits per heavy atom. The monoisotopic (exact) mass is 478 g/mol. The molecule has 0 radical (unpaired) electrons. The fourth-order valence-corrected chi connectivity index (χ4v) is 3.84. The predicted molar refractivity (Wildman–Crippen MR) is 115 cm³/mol. The number of ether oxygens (including phenoxy) is 1. The number of aromatic amines is 1. The lowest BCUT2D eigenvalue weighted by Crippen LogP contribution is -2.44. The van der Waals surface area contributed by atoms with Crippen LogP contribution in [0.2, 0.25) is 0 Å². The molecule has 2 aromatic rings. The van der Waals surface area contributed by atoms with E-state index in [0.29, 0.717) is 5.69 Å². The van der Waals surface area contributed by atoms with Gasteiger partial charge in [0.2, 0.25) is 11.8 Å². The topological polar surface area (TPSA) is 136 Å². The van der Waals surface area contributed by atoms with E-state index in [4.69, 9.17) is 4.74 Å². The number of carbonyl (C=O) groups excluding carboxylic acids is 3. The van der Waals surface area contributed by atoms with E-state index < -0.39 is 23.8 Å². The second-order valence-corrected chi connectivity index (χ2v) is 7.89. The molecule has 0 spiro atoms. The van der Waals surface area contributed by atoms with Crippen LogP contribution in [-0.4, -0.2) is 83.7 Å². The Bertz CT molecular complexity index is 1040. The maximum atomic E-state index is 15.0. The van der Waals surface area contributed by atoms with Crippen molar-refractivity contribution in [1.82, 2.24) is 31.2 Å². The van der Waals surface area contributed by atoms with Crippen LogP contribution in [0, 0.1) is 11.6 Å². The summed E-state index contributed by atoms with van der Waals surface area (Å²) in [5, 5.41) is 13.9. The van der Waals surface area contributed by atoms with Gasteiger partial charge in [0.1, 0.15) is 11.8 Å². The van der Waals surface area contributed by atoms with E-state index in [-0.39, 0.29) is 68.9 Å². The first-order valence-corrected chi connectivity index (χ1v) is 10.7. The highest BCUT2D eigenvalue weighted by atomic mass is 19.1. The maximum absolute atomic E-state index is 15.0. The molecule has 3 N–H and O–H groups in total. The van der Waals surface area contributed by atoms with Crippen LogP contribution in [0.25, 0.3) is 0 Å². The fourth-order valence-electron chi connectivity index (χ4n) is 3.84. The Labute approximate surface area is 193 Å². The average Bonchev–Trinajstić information content (AvgIpc) is 3.35. The number of anilines is 2. The summed E-state index contributed by atoms with van der Waals surface area (Å²) in [6, 6.07) is 2.15. The van der Waals surface area contributed by atoms with Crippen molar-refractivity contribution in [1.29, 1.82) is 0 Å². The number of aromatic nitrogens is 3. The van der Waals surface area contributed by atoms with Crippen LogP contribution in [0.4, 0.5) is 25.0 Å². The minimum absolute atomic E-state index is 0.0199. The van der Waals surface area contributed by atoms with Gasteiger partial charge < -0.3 is 15.0 Å². The molecule has 1 aromatic heterocycles. The van der Waals surface area contributed by atoms with Crippen LogP contribution in [-0.2, 0) is 20.7 Å². The summed E-state index contributed by atoms with van der Waals surface area (Å²) in [5.41, 5.74) is 3.23. The van der Waals surface area contributed by atoms with Crippen LogP contribution in [0.15, 0.2) is 18.3 Å². The third-order valence-electron chi connectivity index (χ3n) is 5.46. The summed E-state index contributed by atoms with van der Waals surface area (Å²) in [6.45, 7) is 2.42. The van der Waals surface area contributed by atoms with E-state index in [1.165, 1.54) is 23.0 Å². The molecule has 0 saturated carbocycles. The highest BCUT2D eigenvalue weighted by Gasteiger charge is 2.34. The van der Waals surface area contributed by atoms with Crippen molar-refractivity contribution in [2.45, 2.75) is 19.4 Å². The van der Waals surface area contributed by atoms with Crippen molar-refractivity contribution >= 4 is 29.3 Å². The first-order valence-electron chi connectivity index (χ1n) is 10.7. The molecule has 1 aromatic carbocycles. The molecule has 2 saturated heterocycles. The molecule has 2 aliphatic rings. The van der Waals surface area contributed by atoms with Crippen molar-refractivity contribution in [3.05, 3.63) is 35.7 Å². The Morgan fingerprint density at radius 3 is 2.68 bits per heavy atom. The van der Waals surface area contributed by atoms with Crippen LogP contribution < -0.4 is 20.5 Å². The second kappa shape index (κ2) is 9.99. The molecular formula is C20H24F2N8O4. The molecule has 4 rings (SSSR count). The molecule has 3 amide bonds. The highest BCUT2D eigenvalue weighted by Crippen LogP contribution is 2.31. The molecule has 182 valence electrons. The summed E-state index contributed by atoms with van der Waals surface area (Å²) in [5.74, 6) is -2.19. The van der Waals surface area contributed by atoms with Gasteiger partial charge in [0.15, 0.2) is 11.6 Å². The second-order valence-electron chi connectivity index (χ2n) is 7.89. The van der Waals surface area contributed by atoms with E-state index in [1.54, 1.807) is 0 Å². The van der Waals surface area contributed by atoms with E-state index in [0.717, 1.165) is 17.0 Å². The van der Waals surface area contributed by atoms with E-state index >= 15 is 8.78 Å². The van der Waals surface area contributed by atoms with Gasteiger partial charge in [-0.05, 0) is 0 Å². The third kappa shape index (κ3) is 5.22. The number of cyclic esters (lactones) is 1. The first kappa shape index (κ1) is 23.4. The number of amides is 3. The predicted octanol–water partition coefficient (Wildman–Crippen LogP) is -0.0599. The number of hydrazine groups is 1. The molecule has 2 fully saturated rings. The number of carbonyl (C=O) groups is 3. The van der Waals surface area contributed by atoms with Gasteiger partial charge in [-0.2, -0.15) is 15.4 Å². The lowest BCUT2D eigenvalue weighted by molar-refractivity contribution is -0.133. The molecular weight excluding hydrogens is 454 g/mol. The van der Waals surface area contributed by atoms with E-state index in [2.05, 4.69) is 26.2 Å². The molecule has 34 heavy (non-hydrogen) atoms. The fraction of sp³-hybridized carbons (Fsp3) is 0.450. The zero-order valence-electron chi connectivity index (χ0n) is 18.4. The van der Waals surface area contributed by atoms with Gasteiger partial charge in [0, 0.05) is 38.7 Å². The summed E-state index contributed by atoms with van der Waals surface area (Å²) >= 11 is 0. The number of hydrogen-bond donors (Lipinski definition) is 3. The molecule has 12 nitrogen and oxygen atoms in total. The standard InChI is InChI=1S/C20H24F2N8O4/c1-12(31)23-10-15-11-29(20(33)34-15)14-7-16(21)19(17(22)8-14)28-3-2-25-30(5-4-28)18(32)6-13-9-24-27-26-13/h7-9,15,25H,2-6,10-11H2,1H3,(H,23,31)(H,24,26,27)/t15-/m0/s1. The summed E-state index contributed by atoms with van der Waals surface area (Å²) < 4.78 is 35.2. The van der Waals surface area contributed by atoms with Gasteiger partial charge in [-0.1, -0.05) is 0 Å². The molecule has 0 aliphatic carbocycles. The number of rotatable bonds is 6. The minimum atomic E-state index is -0.838. The SMILES string of the molecule is CC(=O)NC[C@H]1CN(c2cc(F)c(N3CCNN(C(=O)Cc4cn[nH]n4)CC3)c(F)c2)C(=O)O1. The number of halogens is 2. The lowest BCUT2D eigenvalue weighted by atomic mass is 10.2. The molecule has 3 heterocycles. The highest BCUT2D eigenvalue weighted by molar-refractivity contribution is 5.90. The molecule has 1 atom stereocenters. The zero-order chi connectivity index (χ0) is 24.2. The van der Waals surface area contributed by atoms with Crippen molar-refractivity contribution in [3.63, 3.8) is 0 Å². The molecule has 0 bridgehead atoms. The van der Waals surface area contributed by atoms with Gasteiger partial charge in [-0.3, -0.25) is 19.5 Å². The normalized spacial score (nSPS) is 18.6. The number of nitrogens with one attached hydrogen (secondary N) is 3. The minimum Gasteiger partial charge on any atom is -0.442 e. The van der Waals surface area contributed by atoms with Crippen molar-refractivity contribution in [2.75, 3.05) is 49.1 Å². The summed E-state index contributed by atoms with van der Waals surface area (Å²) in [6.07, 6.45) is 0.115. The van der Waals surface area contributed by atoms with Crippen LogP contribution in [0.5, 0.6) is 0 Å². The smallest absolute Gasteiger partial charge is 0.414 e. The number of nitrogens with zero attached hydrogens (tertiary/aromatic N) is 5. The Hall–Kier alpha value is -3.81. The van der Waals surface area contributed by atoms with Gasteiger partial charge in [0.25, 0.3) is 0 Å². The molecule has 2 aliphatic heterocycles. The quantitative estimate of drug-likeness (QED) is 0.526. The van der Waals surface area contributed by atoms with Crippen LogP contribution >= 0.6 is 0 Å². The van der Waals surface area contributed by atoms with E-state index in [1.807, 2.05) is 0 Å². The number of hydrogen-bond acceptors (Lipinski definition) is 8. The number of H-pyrrole nitrogens is 1. The lowest BCUT2D eigenvalue weighted by Gasteiger charge is -2.25. The van der Waals surface area contributed by atoms with Gasteiger partial charge in [-0.15, -0.1) is 0 Å². The zero-order valence-corrected chi connectivity index (χ0v) is 18.4. The summed E-state index contributed by atoms with van der Waals surface area (Å²) in [7, 11) is 0. The van der Waals surface area contributed by atoms with E-state index in [9.17, 15) is 14.4 Å². The molecule has 0 unspecified atom stereocenters.